The second-order valence-corrected chi connectivity index (χ2v) is 10.6. The predicted octanol–water partition coefficient (Wildman–Crippen LogP) is 3.55. The summed E-state index contributed by atoms with van der Waals surface area (Å²) >= 11 is 0. The van der Waals surface area contributed by atoms with Crippen LogP contribution in [0.15, 0.2) is 47.6 Å². The van der Waals surface area contributed by atoms with Crippen LogP contribution in [0.5, 0.6) is 5.75 Å². The van der Waals surface area contributed by atoms with E-state index in [1.54, 1.807) is 18.5 Å². The average molecular weight is 527 g/mol. The maximum absolute atomic E-state index is 13.2. The lowest BCUT2D eigenvalue weighted by Crippen LogP contribution is -2.36. The molecule has 1 aromatic carbocycles. The fourth-order valence-electron chi connectivity index (χ4n) is 4.25. The summed E-state index contributed by atoms with van der Waals surface area (Å²) < 4.78 is 67.8. The topological polar surface area (TPSA) is 100 Å². The lowest BCUT2D eigenvalue weighted by molar-refractivity contribution is -0.119. The van der Waals surface area contributed by atoms with Gasteiger partial charge in [0.1, 0.15) is 18.0 Å². The summed E-state index contributed by atoms with van der Waals surface area (Å²) in [4.78, 5) is 33.5. The first-order valence-corrected chi connectivity index (χ1v) is 12.8. The SMILES string of the molecule is CC(Oc1cnccc1CN1C(=O)N(c2ccc(S(=O)(=O)C(F)(F)F)cc2)C(=O)C1C)N1CCCC1. The Bertz CT molecular complexity index is 1250. The third-order valence-electron chi connectivity index (χ3n) is 6.36. The molecule has 3 heterocycles. The van der Waals surface area contributed by atoms with Crippen LogP contribution in [0.4, 0.5) is 23.7 Å². The lowest BCUT2D eigenvalue weighted by atomic mass is 10.2. The molecule has 0 saturated carbocycles. The maximum atomic E-state index is 13.2. The van der Waals surface area contributed by atoms with Gasteiger partial charge >= 0.3 is 11.5 Å². The van der Waals surface area contributed by atoms with Crippen LogP contribution in [-0.4, -0.2) is 66.0 Å². The summed E-state index contributed by atoms with van der Waals surface area (Å²) in [6, 6.07) is 3.59. The number of pyridine rings is 1. The zero-order chi connectivity index (χ0) is 26.3. The number of alkyl halides is 3. The smallest absolute Gasteiger partial charge is 0.473 e. The van der Waals surface area contributed by atoms with Crippen LogP contribution >= 0.6 is 0 Å². The van der Waals surface area contributed by atoms with Gasteiger partial charge in [0.25, 0.3) is 15.7 Å². The van der Waals surface area contributed by atoms with Crippen molar-refractivity contribution in [3.05, 3.63) is 48.3 Å². The molecule has 0 bridgehead atoms. The van der Waals surface area contributed by atoms with E-state index in [0.29, 0.717) is 11.3 Å². The molecule has 0 radical (unpaired) electrons. The van der Waals surface area contributed by atoms with Gasteiger partial charge in [-0.1, -0.05) is 0 Å². The molecule has 3 amide bonds. The van der Waals surface area contributed by atoms with E-state index in [0.717, 1.165) is 55.1 Å². The molecule has 2 saturated heterocycles. The number of aromatic nitrogens is 1. The second-order valence-electron chi connectivity index (χ2n) is 8.65. The van der Waals surface area contributed by atoms with Crippen molar-refractivity contribution < 1.29 is 35.9 Å². The number of hydrogen-bond acceptors (Lipinski definition) is 7. The molecule has 4 rings (SSSR count). The normalized spacial score (nSPS) is 20.3. The lowest BCUT2D eigenvalue weighted by Gasteiger charge is -2.26. The van der Waals surface area contributed by atoms with Gasteiger partial charge in [-0.05, 0) is 57.0 Å². The van der Waals surface area contributed by atoms with Gasteiger partial charge in [-0.3, -0.25) is 14.7 Å². The highest BCUT2D eigenvalue weighted by Gasteiger charge is 2.47. The van der Waals surface area contributed by atoms with E-state index in [1.165, 1.54) is 11.8 Å². The second kappa shape index (κ2) is 9.69. The van der Waals surface area contributed by atoms with Gasteiger partial charge < -0.3 is 9.64 Å². The zero-order valence-electron chi connectivity index (χ0n) is 19.6. The number of benzene rings is 1. The van der Waals surface area contributed by atoms with Crippen molar-refractivity contribution in [3.63, 3.8) is 0 Å². The third kappa shape index (κ3) is 4.76. The number of amides is 3. The maximum Gasteiger partial charge on any atom is 0.501 e. The van der Waals surface area contributed by atoms with Crippen molar-refractivity contribution in [2.24, 2.45) is 0 Å². The fourth-order valence-corrected chi connectivity index (χ4v) is 5.01. The van der Waals surface area contributed by atoms with E-state index >= 15 is 0 Å². The minimum Gasteiger partial charge on any atom is -0.473 e. The molecule has 2 atom stereocenters. The van der Waals surface area contributed by atoms with Gasteiger partial charge in [-0.2, -0.15) is 13.2 Å². The van der Waals surface area contributed by atoms with Crippen molar-refractivity contribution in [1.29, 1.82) is 0 Å². The molecule has 0 spiro atoms. The Morgan fingerprint density at radius 3 is 2.36 bits per heavy atom. The highest BCUT2D eigenvalue weighted by molar-refractivity contribution is 7.92. The molecule has 36 heavy (non-hydrogen) atoms. The van der Waals surface area contributed by atoms with Gasteiger partial charge in [-0.15, -0.1) is 0 Å². The molecule has 1 aromatic heterocycles. The van der Waals surface area contributed by atoms with Crippen LogP contribution < -0.4 is 9.64 Å². The first-order valence-electron chi connectivity index (χ1n) is 11.3. The van der Waals surface area contributed by atoms with Gasteiger partial charge in [0.05, 0.1) is 23.3 Å². The number of halogens is 3. The molecule has 13 heteroatoms. The number of carbonyl (C=O) groups excluding carboxylic acids is 2. The number of rotatable bonds is 7. The van der Waals surface area contributed by atoms with E-state index in [1.807, 2.05) is 6.92 Å². The number of imide groups is 1. The van der Waals surface area contributed by atoms with Crippen LogP contribution in [-0.2, 0) is 21.2 Å². The fraction of sp³-hybridized carbons (Fsp3) is 0.435. The highest BCUT2D eigenvalue weighted by Crippen LogP contribution is 2.33. The van der Waals surface area contributed by atoms with Gasteiger partial charge in [-0.25, -0.2) is 18.1 Å². The summed E-state index contributed by atoms with van der Waals surface area (Å²) in [5.41, 5.74) is -4.86. The van der Waals surface area contributed by atoms with Crippen molar-refractivity contribution in [2.45, 2.75) is 55.9 Å². The number of urea groups is 1. The predicted molar refractivity (Wildman–Crippen MR) is 123 cm³/mol. The average Bonchev–Trinajstić information content (AvgIpc) is 3.44. The Morgan fingerprint density at radius 1 is 1.11 bits per heavy atom. The molecule has 2 aromatic rings. The first-order chi connectivity index (χ1) is 16.9. The summed E-state index contributed by atoms with van der Waals surface area (Å²) in [5, 5.41) is 0. The van der Waals surface area contributed by atoms with E-state index in [2.05, 4.69) is 9.88 Å². The third-order valence-corrected chi connectivity index (χ3v) is 7.86. The molecule has 2 aliphatic rings. The number of nitrogens with zero attached hydrogens (tertiary/aromatic N) is 4. The summed E-state index contributed by atoms with van der Waals surface area (Å²) in [5.74, 6) is -0.113. The van der Waals surface area contributed by atoms with E-state index < -0.39 is 38.2 Å². The van der Waals surface area contributed by atoms with Gasteiger partial charge in [0.2, 0.25) is 0 Å². The number of likely N-dealkylation sites (tertiary alicyclic amines) is 1. The zero-order valence-corrected chi connectivity index (χ0v) is 20.4. The van der Waals surface area contributed by atoms with Crippen molar-refractivity contribution in [2.75, 3.05) is 18.0 Å². The van der Waals surface area contributed by atoms with Crippen LogP contribution in [0.25, 0.3) is 0 Å². The quantitative estimate of drug-likeness (QED) is 0.509. The Kier molecular flexibility index (Phi) is 6.97. The number of ether oxygens (including phenoxy) is 1. The molecule has 2 fully saturated rings. The standard InChI is InChI=1S/C23H25F3N4O5S/c1-15-21(31)30(18-5-7-19(8-6-18)36(33,34)23(24,25)26)22(32)29(15)14-17-9-10-27-13-20(17)35-16(2)28-11-3-4-12-28/h5-10,13,15-16H,3-4,11-12,14H2,1-2H3. The van der Waals surface area contributed by atoms with E-state index in [4.69, 9.17) is 4.74 Å². The van der Waals surface area contributed by atoms with Crippen molar-refractivity contribution in [1.82, 2.24) is 14.8 Å². The number of hydrogen-bond donors (Lipinski definition) is 0. The van der Waals surface area contributed by atoms with E-state index in [-0.39, 0.29) is 18.5 Å². The minimum atomic E-state index is -5.55. The summed E-state index contributed by atoms with van der Waals surface area (Å²) in [6.45, 7) is 5.35. The molecule has 194 valence electrons. The molecular formula is C23H25F3N4O5S. The van der Waals surface area contributed by atoms with Crippen molar-refractivity contribution >= 4 is 27.5 Å². The summed E-state index contributed by atoms with van der Waals surface area (Å²) in [6.07, 6.45) is 5.08. The van der Waals surface area contributed by atoms with E-state index in [9.17, 15) is 31.2 Å². The molecular weight excluding hydrogens is 501 g/mol. The van der Waals surface area contributed by atoms with Gasteiger partial charge in [0, 0.05) is 24.8 Å². The van der Waals surface area contributed by atoms with Crippen molar-refractivity contribution in [3.8, 4) is 5.75 Å². The molecule has 2 unspecified atom stereocenters. The largest absolute Gasteiger partial charge is 0.501 e. The van der Waals surface area contributed by atoms with Crippen LogP contribution in [0.3, 0.4) is 0 Å². The Morgan fingerprint density at radius 2 is 1.75 bits per heavy atom. The highest BCUT2D eigenvalue weighted by atomic mass is 32.2. The molecule has 0 N–H and O–H groups in total. The van der Waals surface area contributed by atoms with Crippen LogP contribution in [0, 0.1) is 0 Å². The molecule has 9 nitrogen and oxygen atoms in total. The number of sulfone groups is 1. The Hall–Kier alpha value is -3.19. The summed E-state index contributed by atoms with van der Waals surface area (Å²) in [7, 11) is -5.55. The first kappa shape index (κ1) is 25.9. The van der Waals surface area contributed by atoms with Gasteiger partial charge in [0.15, 0.2) is 0 Å². The minimum absolute atomic E-state index is 0.0330. The van der Waals surface area contributed by atoms with Crippen LogP contribution in [0.1, 0.15) is 32.3 Å². The van der Waals surface area contributed by atoms with Crippen LogP contribution in [0.2, 0.25) is 0 Å². The monoisotopic (exact) mass is 526 g/mol. The Balaban J connectivity index is 1.54. The molecule has 2 aliphatic heterocycles. The number of carbonyl (C=O) groups is 2. The Labute approximate surface area is 206 Å². The number of anilines is 1. The molecule has 0 aliphatic carbocycles.